The van der Waals surface area contributed by atoms with Crippen LogP contribution in [0.3, 0.4) is 0 Å². The molecule has 0 bridgehead atoms. The molecule has 0 aliphatic rings. The highest BCUT2D eigenvalue weighted by Gasteiger charge is 2.19. The van der Waals surface area contributed by atoms with E-state index >= 15 is 0 Å². The molecule has 7 heteroatoms. The van der Waals surface area contributed by atoms with Gasteiger partial charge in [-0.25, -0.2) is 4.98 Å². The van der Waals surface area contributed by atoms with Crippen LogP contribution >= 0.6 is 0 Å². The van der Waals surface area contributed by atoms with Gasteiger partial charge in [0, 0.05) is 10.9 Å². The van der Waals surface area contributed by atoms with Gasteiger partial charge in [-0.1, -0.05) is 54.6 Å². The maximum atomic E-state index is 13.6. The highest BCUT2D eigenvalue weighted by Crippen LogP contribution is 2.27. The van der Waals surface area contributed by atoms with Gasteiger partial charge in [0.2, 0.25) is 0 Å². The highest BCUT2D eigenvalue weighted by molar-refractivity contribution is 6.13. The van der Waals surface area contributed by atoms with E-state index < -0.39 is 0 Å². The van der Waals surface area contributed by atoms with Crippen molar-refractivity contribution in [1.29, 1.82) is 5.26 Å². The summed E-state index contributed by atoms with van der Waals surface area (Å²) in [5.41, 5.74) is 7.45. The van der Waals surface area contributed by atoms with Crippen molar-refractivity contribution in [1.82, 2.24) is 14.8 Å². The molecule has 5 aromatic rings. The van der Waals surface area contributed by atoms with Crippen molar-refractivity contribution in [3.8, 4) is 17.3 Å². The number of nitrogens with one attached hydrogen (secondary N) is 1. The minimum absolute atomic E-state index is 0.0311. The molecule has 0 spiro atoms. The Balaban J connectivity index is 1.47. The van der Waals surface area contributed by atoms with E-state index in [0.29, 0.717) is 29.1 Å². The Labute approximate surface area is 214 Å². The maximum Gasteiger partial charge on any atom is 0.256 e. The fraction of sp³-hybridized carbons (Fsp3) is 0.133. The Morgan fingerprint density at radius 1 is 1.00 bits per heavy atom. The number of nitrogens with zero attached hydrogens (tertiary/aromatic N) is 4. The Kier molecular flexibility index (Phi) is 6.50. The normalized spacial score (nSPS) is 10.9. The number of nitriles is 1. The van der Waals surface area contributed by atoms with E-state index in [1.54, 1.807) is 18.2 Å². The molecule has 0 radical (unpaired) electrons. The second-order valence-electron chi connectivity index (χ2n) is 8.89. The molecular weight excluding hydrogens is 462 g/mol. The number of benzene rings is 3. The number of hydrogen-bond donors (Lipinski definition) is 2. The Bertz CT molecular complexity index is 1650. The van der Waals surface area contributed by atoms with Crippen molar-refractivity contribution >= 4 is 22.5 Å². The molecule has 0 atom stereocenters. The number of aliphatic hydroxyl groups excluding tert-OH is 1. The monoisotopic (exact) mass is 487 g/mol. The van der Waals surface area contributed by atoms with Gasteiger partial charge in [-0.05, 0) is 49.2 Å². The number of para-hydroxylation sites is 1. The molecular formula is C30H25N5O2. The summed E-state index contributed by atoms with van der Waals surface area (Å²) >= 11 is 0. The molecule has 0 unspecified atom stereocenters. The predicted molar refractivity (Wildman–Crippen MR) is 143 cm³/mol. The fourth-order valence-electron chi connectivity index (χ4n) is 4.36. The summed E-state index contributed by atoms with van der Waals surface area (Å²) in [6.07, 6.45) is 0. The molecule has 0 aliphatic heterocycles. The first-order chi connectivity index (χ1) is 18.0. The van der Waals surface area contributed by atoms with Crippen LogP contribution in [-0.4, -0.2) is 25.8 Å². The van der Waals surface area contributed by atoms with E-state index in [9.17, 15) is 9.90 Å². The second-order valence-corrected chi connectivity index (χ2v) is 8.89. The van der Waals surface area contributed by atoms with Crippen molar-refractivity contribution in [2.45, 2.75) is 27.0 Å². The van der Waals surface area contributed by atoms with Gasteiger partial charge in [-0.15, -0.1) is 0 Å². The molecule has 5 rings (SSSR count). The maximum absolute atomic E-state index is 13.6. The van der Waals surface area contributed by atoms with Gasteiger partial charge in [0.15, 0.2) is 0 Å². The lowest BCUT2D eigenvalue weighted by molar-refractivity contribution is 0.102. The third-order valence-electron chi connectivity index (χ3n) is 6.43. The molecule has 182 valence electrons. The molecule has 3 aromatic carbocycles. The SMILES string of the molecule is Cc1nn(Cc2ccc(C#N)cc2)c(C)c1NC(=O)c1cc(-c2ccc(CO)cc2)nc2ccccc12. The zero-order valence-electron chi connectivity index (χ0n) is 20.6. The first kappa shape index (κ1) is 23.9. The molecule has 0 saturated heterocycles. The van der Waals surface area contributed by atoms with Crippen LogP contribution in [0.25, 0.3) is 22.2 Å². The lowest BCUT2D eigenvalue weighted by Crippen LogP contribution is -2.14. The number of carbonyl (C=O) groups excluding carboxylic acids is 1. The van der Waals surface area contributed by atoms with Crippen LogP contribution in [0, 0.1) is 25.2 Å². The summed E-state index contributed by atoms with van der Waals surface area (Å²) in [7, 11) is 0. The van der Waals surface area contributed by atoms with E-state index in [0.717, 1.165) is 39.0 Å². The number of aliphatic hydroxyl groups is 1. The first-order valence-corrected chi connectivity index (χ1v) is 11.9. The molecule has 0 aliphatic carbocycles. The van der Waals surface area contributed by atoms with Crippen LogP contribution in [0.15, 0.2) is 78.9 Å². The first-order valence-electron chi connectivity index (χ1n) is 11.9. The summed E-state index contributed by atoms with van der Waals surface area (Å²) in [5, 5.41) is 26.9. The number of rotatable bonds is 6. The summed E-state index contributed by atoms with van der Waals surface area (Å²) < 4.78 is 1.85. The standard InChI is InChI=1S/C30H25N5O2/c1-19-29(20(2)35(34-19)17-22-9-7-21(16-31)8-10-22)33-30(37)26-15-28(24-13-11-23(18-36)12-14-24)32-27-6-4-3-5-25(26)27/h3-15,36H,17-18H2,1-2H3,(H,33,37). The summed E-state index contributed by atoms with van der Waals surface area (Å²) in [6, 6.07) is 26.4. The minimum Gasteiger partial charge on any atom is -0.392 e. The van der Waals surface area contributed by atoms with E-state index in [-0.39, 0.29) is 12.5 Å². The number of fused-ring (bicyclic) bond motifs is 1. The Morgan fingerprint density at radius 3 is 2.41 bits per heavy atom. The fourth-order valence-corrected chi connectivity index (χ4v) is 4.36. The van der Waals surface area contributed by atoms with Crippen LogP contribution in [0.5, 0.6) is 0 Å². The van der Waals surface area contributed by atoms with Crippen LogP contribution < -0.4 is 5.32 Å². The Morgan fingerprint density at radius 2 is 1.70 bits per heavy atom. The predicted octanol–water partition coefficient (Wildman–Crippen LogP) is 5.38. The average Bonchev–Trinajstić information content (AvgIpc) is 3.20. The molecule has 2 aromatic heterocycles. The molecule has 2 N–H and O–H groups in total. The van der Waals surface area contributed by atoms with Gasteiger partial charge < -0.3 is 10.4 Å². The van der Waals surface area contributed by atoms with Crippen molar-refractivity contribution in [3.63, 3.8) is 0 Å². The van der Waals surface area contributed by atoms with Crippen molar-refractivity contribution in [2.75, 3.05) is 5.32 Å². The topological polar surface area (TPSA) is 104 Å². The number of hydrogen-bond acceptors (Lipinski definition) is 5. The summed E-state index contributed by atoms with van der Waals surface area (Å²) in [6.45, 7) is 4.30. The van der Waals surface area contributed by atoms with Crippen molar-refractivity contribution in [2.24, 2.45) is 0 Å². The third-order valence-corrected chi connectivity index (χ3v) is 6.43. The molecule has 37 heavy (non-hydrogen) atoms. The number of aromatic nitrogens is 3. The average molecular weight is 488 g/mol. The zero-order chi connectivity index (χ0) is 25.9. The second kappa shape index (κ2) is 10.1. The lowest BCUT2D eigenvalue weighted by atomic mass is 10.0. The number of aryl methyl sites for hydroxylation is 1. The quantitative estimate of drug-likeness (QED) is 0.335. The van der Waals surface area contributed by atoms with E-state index in [2.05, 4.69) is 16.5 Å². The van der Waals surface area contributed by atoms with Crippen LogP contribution in [0.2, 0.25) is 0 Å². The lowest BCUT2D eigenvalue weighted by Gasteiger charge is -2.12. The van der Waals surface area contributed by atoms with E-state index in [4.69, 9.17) is 10.2 Å². The van der Waals surface area contributed by atoms with Gasteiger partial charge in [0.1, 0.15) is 0 Å². The van der Waals surface area contributed by atoms with Gasteiger partial charge in [0.25, 0.3) is 5.91 Å². The number of anilines is 1. The minimum atomic E-state index is -0.240. The van der Waals surface area contributed by atoms with Gasteiger partial charge in [0.05, 0.1) is 58.6 Å². The van der Waals surface area contributed by atoms with E-state index in [1.807, 2.05) is 79.2 Å². The van der Waals surface area contributed by atoms with Crippen LogP contribution in [-0.2, 0) is 13.2 Å². The van der Waals surface area contributed by atoms with Crippen molar-refractivity contribution in [3.05, 3.63) is 113 Å². The number of amides is 1. The highest BCUT2D eigenvalue weighted by atomic mass is 16.3. The van der Waals surface area contributed by atoms with Gasteiger partial charge >= 0.3 is 0 Å². The summed E-state index contributed by atoms with van der Waals surface area (Å²) in [5.74, 6) is -0.240. The van der Waals surface area contributed by atoms with Crippen molar-refractivity contribution < 1.29 is 9.90 Å². The summed E-state index contributed by atoms with van der Waals surface area (Å²) in [4.78, 5) is 18.4. The number of pyridine rings is 1. The van der Waals surface area contributed by atoms with Crippen LogP contribution in [0.1, 0.15) is 38.4 Å². The molecule has 0 saturated carbocycles. The molecule has 7 nitrogen and oxygen atoms in total. The largest absolute Gasteiger partial charge is 0.392 e. The molecule has 0 fully saturated rings. The molecule has 2 heterocycles. The number of carbonyl (C=O) groups is 1. The third kappa shape index (κ3) is 4.83. The smallest absolute Gasteiger partial charge is 0.256 e. The molecule has 1 amide bonds. The van der Waals surface area contributed by atoms with Crippen LogP contribution in [0.4, 0.5) is 5.69 Å². The Hall–Kier alpha value is -4.80. The zero-order valence-corrected chi connectivity index (χ0v) is 20.6. The van der Waals surface area contributed by atoms with Gasteiger partial charge in [-0.3, -0.25) is 9.48 Å². The van der Waals surface area contributed by atoms with Gasteiger partial charge in [-0.2, -0.15) is 10.4 Å². The van der Waals surface area contributed by atoms with E-state index in [1.165, 1.54) is 0 Å².